The van der Waals surface area contributed by atoms with Crippen molar-refractivity contribution >= 4 is 35.6 Å². The van der Waals surface area contributed by atoms with Crippen LogP contribution in [0.25, 0.3) is 0 Å². The number of aliphatic carboxylic acids is 2. The molecule has 0 aliphatic carbocycles. The van der Waals surface area contributed by atoms with Crippen LogP contribution < -0.4 is 33.2 Å². The Hall–Kier alpha value is -4.44. The molecule has 0 saturated heterocycles. The quantitative estimate of drug-likeness (QED) is 0.0516. The number of aromatic hydroxyl groups is 1. The van der Waals surface area contributed by atoms with E-state index in [1.165, 1.54) is 24.3 Å². The fourth-order valence-corrected chi connectivity index (χ4v) is 3.28. The monoisotopic (exact) mass is 553 g/mol. The Labute approximate surface area is 223 Å². The lowest BCUT2D eigenvalue weighted by molar-refractivity contribution is -0.143. The van der Waals surface area contributed by atoms with Crippen molar-refractivity contribution in [2.75, 3.05) is 13.2 Å². The van der Waals surface area contributed by atoms with Gasteiger partial charge in [-0.25, -0.2) is 4.79 Å². The molecule has 0 aliphatic heterocycles. The number of phenols is 1. The van der Waals surface area contributed by atoms with Gasteiger partial charge >= 0.3 is 11.9 Å². The molecule has 0 bridgehead atoms. The highest BCUT2D eigenvalue weighted by molar-refractivity contribution is 5.94. The number of aliphatic hydroxyl groups is 1. The SMILES string of the molecule is NC(N)=NCCCC(NC(=O)C(Cc1ccc(O)cc1)NC(=O)C(N)CO)C(=O)NC(CCC(=O)O)C(=O)O. The van der Waals surface area contributed by atoms with E-state index in [4.69, 9.17) is 22.3 Å². The molecule has 39 heavy (non-hydrogen) atoms. The Kier molecular flexibility index (Phi) is 13.7. The third-order valence-corrected chi connectivity index (χ3v) is 5.38. The number of phenolic OH excluding ortho intramolecular Hbond substituents is 1. The molecule has 0 fully saturated rings. The molecule has 16 nitrogen and oxygen atoms in total. The first kappa shape index (κ1) is 32.6. The second kappa shape index (κ2) is 16.4. The molecule has 0 saturated carbocycles. The average molecular weight is 554 g/mol. The van der Waals surface area contributed by atoms with Crippen LogP contribution >= 0.6 is 0 Å². The molecule has 1 aromatic rings. The first-order valence-corrected chi connectivity index (χ1v) is 11.9. The van der Waals surface area contributed by atoms with Crippen molar-refractivity contribution in [3.63, 3.8) is 0 Å². The minimum atomic E-state index is -1.54. The number of aliphatic hydroxyl groups excluding tert-OH is 1. The molecule has 0 heterocycles. The Bertz CT molecular complexity index is 1030. The normalized spacial score (nSPS) is 13.7. The van der Waals surface area contributed by atoms with Gasteiger partial charge in [0.15, 0.2) is 5.96 Å². The van der Waals surface area contributed by atoms with E-state index in [0.717, 1.165) is 0 Å². The third-order valence-electron chi connectivity index (χ3n) is 5.38. The van der Waals surface area contributed by atoms with Crippen LogP contribution in [0.4, 0.5) is 0 Å². The van der Waals surface area contributed by atoms with Gasteiger partial charge < -0.3 is 53.6 Å². The number of nitrogens with two attached hydrogens (primary N) is 3. The van der Waals surface area contributed by atoms with Crippen molar-refractivity contribution < 1.29 is 44.4 Å². The van der Waals surface area contributed by atoms with Crippen LogP contribution in [0.15, 0.2) is 29.3 Å². The van der Waals surface area contributed by atoms with Gasteiger partial charge in [-0.1, -0.05) is 12.1 Å². The lowest BCUT2D eigenvalue weighted by Gasteiger charge is -2.25. The first-order valence-electron chi connectivity index (χ1n) is 11.9. The predicted octanol–water partition coefficient (Wildman–Crippen LogP) is -3.29. The van der Waals surface area contributed by atoms with E-state index in [-0.39, 0.29) is 37.5 Å². The summed E-state index contributed by atoms with van der Waals surface area (Å²) in [4.78, 5) is 64.7. The second-order valence-electron chi connectivity index (χ2n) is 8.56. The number of nitrogens with zero attached hydrogens (tertiary/aromatic N) is 1. The predicted molar refractivity (Wildman–Crippen MR) is 137 cm³/mol. The number of benzene rings is 1. The Balaban J connectivity index is 3.15. The largest absolute Gasteiger partial charge is 0.508 e. The number of aliphatic imine (C=N–C) groups is 1. The summed E-state index contributed by atoms with van der Waals surface area (Å²) in [5.74, 6) is -5.54. The molecule has 0 spiro atoms. The fourth-order valence-electron chi connectivity index (χ4n) is 3.28. The highest BCUT2D eigenvalue weighted by atomic mass is 16.4. The van der Waals surface area contributed by atoms with E-state index in [0.29, 0.717) is 5.56 Å². The summed E-state index contributed by atoms with van der Waals surface area (Å²) in [5, 5.41) is 44.0. The Morgan fingerprint density at radius 1 is 0.846 bits per heavy atom. The van der Waals surface area contributed by atoms with Crippen molar-refractivity contribution in [1.29, 1.82) is 0 Å². The van der Waals surface area contributed by atoms with Gasteiger partial charge in [0.1, 0.15) is 29.9 Å². The zero-order chi connectivity index (χ0) is 29.5. The van der Waals surface area contributed by atoms with Crippen molar-refractivity contribution in [3.05, 3.63) is 29.8 Å². The number of carboxylic acids is 2. The first-order chi connectivity index (χ1) is 18.3. The van der Waals surface area contributed by atoms with Gasteiger partial charge in [0.25, 0.3) is 0 Å². The van der Waals surface area contributed by atoms with E-state index in [1.807, 2.05) is 0 Å². The van der Waals surface area contributed by atoms with E-state index >= 15 is 0 Å². The minimum absolute atomic E-state index is 0.0283. The Morgan fingerprint density at radius 2 is 1.41 bits per heavy atom. The summed E-state index contributed by atoms with van der Waals surface area (Å²) < 4.78 is 0. The van der Waals surface area contributed by atoms with Crippen molar-refractivity contribution in [3.8, 4) is 5.75 Å². The number of carbonyl (C=O) groups is 5. The number of hydrogen-bond acceptors (Lipinski definition) is 9. The molecular weight excluding hydrogens is 518 g/mol. The number of hydrogen-bond donors (Lipinski definition) is 10. The minimum Gasteiger partial charge on any atom is -0.508 e. The maximum Gasteiger partial charge on any atom is 0.326 e. The third kappa shape index (κ3) is 12.6. The number of carbonyl (C=O) groups excluding carboxylic acids is 3. The van der Waals surface area contributed by atoms with Gasteiger partial charge in [0, 0.05) is 19.4 Å². The second-order valence-corrected chi connectivity index (χ2v) is 8.56. The molecule has 16 heteroatoms. The van der Waals surface area contributed by atoms with E-state index in [1.54, 1.807) is 0 Å². The molecule has 3 amide bonds. The lowest BCUT2D eigenvalue weighted by atomic mass is 10.0. The molecule has 0 radical (unpaired) electrons. The molecule has 1 aromatic carbocycles. The lowest BCUT2D eigenvalue weighted by Crippen LogP contribution is -2.58. The number of rotatable bonds is 17. The van der Waals surface area contributed by atoms with Crippen molar-refractivity contribution in [2.24, 2.45) is 22.2 Å². The standard InChI is InChI=1S/C23H35N7O9/c24-14(11-31)19(35)30-17(10-12-3-5-13(32)6-4-12)21(37)28-15(2-1-9-27-23(25)26)20(36)29-16(22(38)39)7-8-18(33)34/h3-6,14-17,31-32H,1-2,7-11,24H2,(H,28,37)(H,29,36)(H,30,35)(H,33,34)(H,38,39)(H4,25,26,27). The van der Waals surface area contributed by atoms with Crippen LogP contribution in [-0.2, 0) is 30.4 Å². The van der Waals surface area contributed by atoms with Crippen LogP contribution in [0.5, 0.6) is 5.75 Å². The Morgan fingerprint density at radius 3 is 1.95 bits per heavy atom. The number of nitrogens with one attached hydrogen (secondary N) is 3. The van der Waals surface area contributed by atoms with Gasteiger partial charge in [-0.15, -0.1) is 0 Å². The summed E-state index contributed by atoms with van der Waals surface area (Å²) >= 11 is 0. The molecule has 13 N–H and O–H groups in total. The van der Waals surface area contributed by atoms with Crippen molar-refractivity contribution in [1.82, 2.24) is 16.0 Å². The van der Waals surface area contributed by atoms with Crippen LogP contribution in [0.3, 0.4) is 0 Å². The number of carboxylic acid groups (broad SMARTS) is 2. The summed E-state index contributed by atoms with van der Waals surface area (Å²) in [6.45, 7) is -0.607. The molecule has 0 aromatic heterocycles. The van der Waals surface area contributed by atoms with Crippen LogP contribution in [-0.4, -0.2) is 93.4 Å². The highest BCUT2D eigenvalue weighted by Crippen LogP contribution is 2.12. The summed E-state index contributed by atoms with van der Waals surface area (Å²) in [6.07, 6.45) is -0.869. The van der Waals surface area contributed by atoms with E-state index < -0.39 is 73.3 Å². The zero-order valence-electron chi connectivity index (χ0n) is 21.1. The van der Waals surface area contributed by atoms with Crippen LogP contribution in [0.2, 0.25) is 0 Å². The van der Waals surface area contributed by atoms with Gasteiger partial charge in [0.2, 0.25) is 17.7 Å². The van der Waals surface area contributed by atoms with Crippen LogP contribution in [0, 0.1) is 0 Å². The van der Waals surface area contributed by atoms with Gasteiger partial charge in [-0.05, 0) is 37.0 Å². The van der Waals surface area contributed by atoms with Gasteiger partial charge in [-0.3, -0.25) is 24.2 Å². The molecule has 4 unspecified atom stereocenters. The van der Waals surface area contributed by atoms with Crippen molar-refractivity contribution in [2.45, 2.75) is 56.3 Å². The number of guanidine groups is 1. The molecule has 4 atom stereocenters. The van der Waals surface area contributed by atoms with E-state index in [2.05, 4.69) is 20.9 Å². The van der Waals surface area contributed by atoms with Gasteiger partial charge in [-0.2, -0.15) is 0 Å². The maximum atomic E-state index is 13.2. The molecule has 1 rings (SSSR count). The topological polar surface area (TPSA) is 293 Å². The summed E-state index contributed by atoms with van der Waals surface area (Å²) in [6, 6.07) is 0.285. The average Bonchev–Trinajstić information content (AvgIpc) is 2.87. The fraction of sp³-hybridized carbons (Fsp3) is 0.478. The maximum absolute atomic E-state index is 13.2. The van der Waals surface area contributed by atoms with Gasteiger partial charge in [0.05, 0.1) is 6.61 Å². The zero-order valence-corrected chi connectivity index (χ0v) is 21.1. The molecule has 216 valence electrons. The molecule has 0 aliphatic rings. The van der Waals surface area contributed by atoms with E-state index in [9.17, 15) is 39.3 Å². The van der Waals surface area contributed by atoms with Crippen LogP contribution in [0.1, 0.15) is 31.2 Å². The molecular formula is C23H35N7O9. The smallest absolute Gasteiger partial charge is 0.326 e. The number of amides is 3. The summed E-state index contributed by atoms with van der Waals surface area (Å²) in [5.41, 5.74) is 16.7. The summed E-state index contributed by atoms with van der Waals surface area (Å²) in [7, 11) is 0. The highest BCUT2D eigenvalue weighted by Gasteiger charge is 2.30.